The van der Waals surface area contributed by atoms with Crippen molar-refractivity contribution in [2.45, 2.75) is 38.3 Å². The molecule has 0 aliphatic rings. The van der Waals surface area contributed by atoms with Crippen LogP contribution in [-0.2, 0) is 7.05 Å². The molecular weight excluding hydrogens is 202 g/mol. The van der Waals surface area contributed by atoms with Gasteiger partial charge in [-0.3, -0.25) is 4.68 Å². The fourth-order valence-corrected chi connectivity index (χ4v) is 2.45. The Labute approximate surface area is 97.6 Å². The summed E-state index contributed by atoms with van der Waals surface area (Å²) in [5.74, 6) is 0. The lowest BCUT2D eigenvalue weighted by molar-refractivity contribution is 0.102. The van der Waals surface area contributed by atoms with Crippen molar-refractivity contribution in [1.82, 2.24) is 19.9 Å². The molecule has 0 amide bonds. The minimum Gasteiger partial charge on any atom is -0.321 e. The molecular formula is C11H23N5. The van der Waals surface area contributed by atoms with E-state index in [0.29, 0.717) is 0 Å². The molecule has 0 aliphatic carbocycles. The molecule has 0 spiro atoms. The summed E-state index contributed by atoms with van der Waals surface area (Å²) in [6, 6.07) is -0.0718. The van der Waals surface area contributed by atoms with E-state index in [4.69, 9.17) is 5.73 Å². The van der Waals surface area contributed by atoms with Crippen LogP contribution in [0.25, 0.3) is 0 Å². The first-order chi connectivity index (χ1) is 7.49. The first-order valence-corrected chi connectivity index (χ1v) is 5.77. The number of likely N-dealkylation sites (N-methyl/N-ethyl adjacent to an activating group) is 1. The van der Waals surface area contributed by atoms with Crippen molar-refractivity contribution < 1.29 is 0 Å². The third kappa shape index (κ3) is 1.97. The lowest BCUT2D eigenvalue weighted by atomic mass is 9.82. The zero-order valence-corrected chi connectivity index (χ0v) is 10.9. The van der Waals surface area contributed by atoms with E-state index in [-0.39, 0.29) is 11.6 Å². The highest BCUT2D eigenvalue weighted by Crippen LogP contribution is 2.33. The molecule has 0 aromatic carbocycles. The predicted octanol–water partition coefficient (Wildman–Crippen LogP) is 0.935. The van der Waals surface area contributed by atoms with Gasteiger partial charge in [-0.25, -0.2) is 0 Å². The van der Waals surface area contributed by atoms with E-state index in [2.05, 4.69) is 43.2 Å². The van der Waals surface area contributed by atoms with E-state index in [9.17, 15) is 0 Å². The van der Waals surface area contributed by atoms with Crippen molar-refractivity contribution in [2.24, 2.45) is 12.8 Å². The van der Waals surface area contributed by atoms with E-state index in [1.54, 1.807) is 10.9 Å². The number of hydrogen-bond donors (Lipinski definition) is 1. The second-order valence-electron chi connectivity index (χ2n) is 4.47. The summed E-state index contributed by atoms with van der Waals surface area (Å²) < 4.78 is 1.76. The van der Waals surface area contributed by atoms with Crippen LogP contribution in [0.4, 0.5) is 0 Å². The van der Waals surface area contributed by atoms with Crippen LogP contribution >= 0.6 is 0 Å². The van der Waals surface area contributed by atoms with Crippen molar-refractivity contribution in [3.63, 3.8) is 0 Å². The molecule has 0 bridgehead atoms. The van der Waals surface area contributed by atoms with Crippen molar-refractivity contribution in [1.29, 1.82) is 0 Å². The minimum absolute atomic E-state index is 0.0323. The van der Waals surface area contributed by atoms with Gasteiger partial charge in [0.15, 0.2) is 0 Å². The lowest BCUT2D eigenvalue weighted by Gasteiger charge is -2.43. The molecule has 0 saturated heterocycles. The Morgan fingerprint density at radius 1 is 1.44 bits per heavy atom. The topological polar surface area (TPSA) is 60.0 Å². The van der Waals surface area contributed by atoms with Crippen LogP contribution in [0.3, 0.4) is 0 Å². The molecule has 16 heavy (non-hydrogen) atoms. The van der Waals surface area contributed by atoms with Crippen molar-refractivity contribution in [2.75, 3.05) is 14.1 Å². The molecule has 1 aromatic heterocycles. The third-order valence-corrected chi connectivity index (χ3v) is 3.76. The fourth-order valence-electron chi connectivity index (χ4n) is 2.45. The number of rotatable bonds is 5. The van der Waals surface area contributed by atoms with Gasteiger partial charge >= 0.3 is 0 Å². The van der Waals surface area contributed by atoms with Crippen LogP contribution in [0.1, 0.15) is 38.4 Å². The summed E-state index contributed by atoms with van der Waals surface area (Å²) in [4.78, 5) is 2.21. The Balaban J connectivity index is 3.09. The molecule has 1 heterocycles. The summed E-state index contributed by atoms with van der Waals surface area (Å²) >= 11 is 0. The van der Waals surface area contributed by atoms with Crippen LogP contribution in [0.5, 0.6) is 0 Å². The largest absolute Gasteiger partial charge is 0.321 e. The predicted molar refractivity (Wildman–Crippen MR) is 64.9 cm³/mol. The van der Waals surface area contributed by atoms with Gasteiger partial charge in [0, 0.05) is 12.6 Å². The zero-order chi connectivity index (χ0) is 12.3. The van der Waals surface area contributed by atoms with E-state index in [1.165, 1.54) is 0 Å². The molecule has 0 aliphatic heterocycles. The number of nitrogens with two attached hydrogens (primary N) is 1. The second kappa shape index (κ2) is 4.93. The van der Waals surface area contributed by atoms with E-state index < -0.39 is 0 Å². The van der Waals surface area contributed by atoms with Gasteiger partial charge in [0.1, 0.15) is 0 Å². The molecule has 1 atom stereocenters. The molecule has 0 fully saturated rings. The Morgan fingerprint density at radius 3 is 2.31 bits per heavy atom. The summed E-state index contributed by atoms with van der Waals surface area (Å²) in [6.45, 7) is 4.35. The minimum atomic E-state index is -0.0718. The molecule has 0 saturated carbocycles. The number of hydrogen-bond acceptors (Lipinski definition) is 4. The summed E-state index contributed by atoms with van der Waals surface area (Å²) in [5.41, 5.74) is 7.35. The van der Waals surface area contributed by atoms with E-state index >= 15 is 0 Å². The number of nitrogens with zero attached hydrogens (tertiary/aromatic N) is 4. The highest BCUT2D eigenvalue weighted by atomic mass is 15.4. The second-order valence-corrected chi connectivity index (χ2v) is 4.47. The third-order valence-electron chi connectivity index (χ3n) is 3.76. The molecule has 5 nitrogen and oxygen atoms in total. The van der Waals surface area contributed by atoms with Crippen molar-refractivity contribution in [3.05, 3.63) is 11.9 Å². The van der Waals surface area contributed by atoms with E-state index in [1.807, 2.05) is 7.05 Å². The Bertz CT molecular complexity index is 327. The number of aryl methyl sites for hydroxylation is 1. The fraction of sp³-hybridized carbons (Fsp3) is 0.818. The SMILES string of the molecule is CCC(CC)(C(N)c1cnnn1C)N(C)C. The standard InChI is InChI=1S/C11H23N5/c1-6-11(7-2,15(3)4)10(12)9-8-13-14-16(9)5/h8,10H,6-7,12H2,1-5H3. The van der Waals surface area contributed by atoms with Crippen LogP contribution in [0.15, 0.2) is 6.20 Å². The highest BCUT2D eigenvalue weighted by Gasteiger charge is 2.37. The van der Waals surface area contributed by atoms with Gasteiger partial charge < -0.3 is 10.6 Å². The molecule has 0 radical (unpaired) electrons. The average molecular weight is 225 g/mol. The molecule has 1 rings (SSSR count). The quantitative estimate of drug-likeness (QED) is 0.810. The maximum atomic E-state index is 6.40. The molecule has 1 aromatic rings. The van der Waals surface area contributed by atoms with Gasteiger partial charge in [-0.1, -0.05) is 19.1 Å². The highest BCUT2D eigenvalue weighted by molar-refractivity contribution is 5.11. The zero-order valence-electron chi connectivity index (χ0n) is 10.9. The van der Waals surface area contributed by atoms with Gasteiger partial charge in [-0.15, -0.1) is 5.10 Å². The Kier molecular flexibility index (Phi) is 4.04. The first kappa shape index (κ1) is 13.1. The van der Waals surface area contributed by atoms with E-state index in [0.717, 1.165) is 18.5 Å². The van der Waals surface area contributed by atoms with Crippen molar-refractivity contribution in [3.8, 4) is 0 Å². The van der Waals surface area contributed by atoms with Gasteiger partial charge in [0.25, 0.3) is 0 Å². The molecule has 5 heteroatoms. The maximum Gasteiger partial charge on any atom is 0.0769 e. The van der Waals surface area contributed by atoms with Gasteiger partial charge in [-0.2, -0.15) is 0 Å². The first-order valence-electron chi connectivity index (χ1n) is 5.77. The normalized spacial score (nSPS) is 14.4. The Morgan fingerprint density at radius 2 is 2.00 bits per heavy atom. The molecule has 1 unspecified atom stereocenters. The lowest BCUT2D eigenvalue weighted by Crippen LogP contribution is -2.52. The maximum absolute atomic E-state index is 6.40. The van der Waals surface area contributed by atoms with Crippen LogP contribution in [0, 0.1) is 0 Å². The van der Waals surface area contributed by atoms with Crippen LogP contribution < -0.4 is 5.73 Å². The molecule has 92 valence electrons. The summed E-state index contributed by atoms with van der Waals surface area (Å²) in [7, 11) is 6.04. The summed E-state index contributed by atoms with van der Waals surface area (Å²) in [5, 5.41) is 7.85. The van der Waals surface area contributed by atoms with Gasteiger partial charge in [0.05, 0.1) is 17.9 Å². The van der Waals surface area contributed by atoms with Gasteiger partial charge in [-0.05, 0) is 26.9 Å². The van der Waals surface area contributed by atoms with Crippen LogP contribution in [-0.4, -0.2) is 39.5 Å². The smallest absolute Gasteiger partial charge is 0.0769 e. The van der Waals surface area contributed by atoms with Gasteiger partial charge in [0.2, 0.25) is 0 Å². The molecule has 2 N–H and O–H groups in total. The average Bonchev–Trinajstić information content (AvgIpc) is 2.66. The van der Waals surface area contributed by atoms with Crippen LogP contribution in [0.2, 0.25) is 0 Å². The van der Waals surface area contributed by atoms with Crippen molar-refractivity contribution >= 4 is 0 Å². The summed E-state index contributed by atoms with van der Waals surface area (Å²) in [6.07, 6.45) is 3.76. The Hall–Kier alpha value is -0.940. The number of aromatic nitrogens is 3. The monoisotopic (exact) mass is 225 g/mol.